The number of hydrogen-bond donors (Lipinski definition) is 1. The highest BCUT2D eigenvalue weighted by Gasteiger charge is 2.16. The number of aryl methyl sites for hydroxylation is 2. The summed E-state index contributed by atoms with van der Waals surface area (Å²) in [5, 5.41) is 3.31. The minimum atomic E-state index is 0.244. The van der Waals surface area contributed by atoms with Crippen LogP contribution >= 0.6 is 11.8 Å². The second-order valence-electron chi connectivity index (χ2n) is 5.25. The molecule has 0 fully saturated rings. The van der Waals surface area contributed by atoms with Crippen LogP contribution in [-0.4, -0.2) is 14.2 Å². The Morgan fingerprint density at radius 3 is 2.52 bits per heavy atom. The van der Waals surface area contributed by atoms with Crippen LogP contribution in [0.25, 0.3) is 0 Å². The standard InChI is InChI=1S/C18H23NOS/c1-12-9-10-13(2)17(11-12)21-16-8-6-7-15(20-5)18(16)14(3)19-4/h6-11,14,19H,1-5H3. The zero-order chi connectivity index (χ0) is 15.4. The quantitative estimate of drug-likeness (QED) is 0.861. The van der Waals surface area contributed by atoms with Gasteiger partial charge >= 0.3 is 0 Å². The van der Waals surface area contributed by atoms with E-state index in [1.807, 2.05) is 24.9 Å². The summed E-state index contributed by atoms with van der Waals surface area (Å²) < 4.78 is 5.55. The summed E-state index contributed by atoms with van der Waals surface area (Å²) in [5.74, 6) is 0.937. The fraction of sp³-hybridized carbons (Fsp3) is 0.333. The Hall–Kier alpha value is -1.45. The van der Waals surface area contributed by atoms with Crippen LogP contribution in [0.1, 0.15) is 29.7 Å². The fourth-order valence-electron chi connectivity index (χ4n) is 2.30. The Balaban J connectivity index is 2.46. The lowest BCUT2D eigenvalue weighted by atomic mass is 10.1. The fourth-order valence-corrected chi connectivity index (χ4v) is 3.54. The van der Waals surface area contributed by atoms with Gasteiger partial charge in [-0.05, 0) is 57.1 Å². The molecule has 0 saturated carbocycles. The zero-order valence-corrected chi connectivity index (χ0v) is 14.2. The number of methoxy groups -OCH3 is 1. The van der Waals surface area contributed by atoms with Crippen LogP contribution in [0.15, 0.2) is 46.2 Å². The van der Waals surface area contributed by atoms with Gasteiger partial charge in [0.25, 0.3) is 0 Å². The van der Waals surface area contributed by atoms with Crippen molar-refractivity contribution in [1.29, 1.82) is 0 Å². The largest absolute Gasteiger partial charge is 0.496 e. The van der Waals surface area contributed by atoms with Crippen molar-refractivity contribution in [2.45, 2.75) is 36.6 Å². The number of hydrogen-bond acceptors (Lipinski definition) is 3. The van der Waals surface area contributed by atoms with Gasteiger partial charge in [0, 0.05) is 21.4 Å². The molecule has 2 nitrogen and oxygen atoms in total. The van der Waals surface area contributed by atoms with Crippen LogP contribution in [0, 0.1) is 13.8 Å². The first-order valence-corrected chi connectivity index (χ1v) is 7.97. The zero-order valence-electron chi connectivity index (χ0n) is 13.4. The van der Waals surface area contributed by atoms with E-state index in [0.717, 1.165) is 5.75 Å². The third-order valence-corrected chi connectivity index (χ3v) is 4.91. The molecule has 1 N–H and O–H groups in total. The maximum absolute atomic E-state index is 5.55. The number of nitrogens with one attached hydrogen (secondary N) is 1. The Morgan fingerprint density at radius 2 is 1.86 bits per heavy atom. The summed E-state index contributed by atoms with van der Waals surface area (Å²) >= 11 is 1.81. The molecule has 0 aromatic heterocycles. The van der Waals surface area contributed by atoms with E-state index >= 15 is 0 Å². The van der Waals surface area contributed by atoms with E-state index in [-0.39, 0.29) is 6.04 Å². The predicted octanol–water partition coefficient (Wildman–Crippen LogP) is 4.74. The Kier molecular flexibility index (Phi) is 5.32. The predicted molar refractivity (Wildman–Crippen MR) is 90.5 cm³/mol. The molecule has 0 aliphatic carbocycles. The third kappa shape index (κ3) is 3.60. The Bertz CT molecular complexity index is 625. The lowest BCUT2D eigenvalue weighted by Crippen LogP contribution is -2.14. The summed E-state index contributed by atoms with van der Waals surface area (Å²) in [6, 6.07) is 13.1. The molecule has 0 aliphatic heterocycles. The maximum Gasteiger partial charge on any atom is 0.124 e. The molecule has 0 heterocycles. The van der Waals surface area contributed by atoms with Crippen molar-refractivity contribution in [2.75, 3.05) is 14.2 Å². The lowest BCUT2D eigenvalue weighted by molar-refractivity contribution is 0.401. The van der Waals surface area contributed by atoms with E-state index in [0.29, 0.717) is 0 Å². The van der Waals surface area contributed by atoms with Gasteiger partial charge in [-0.1, -0.05) is 30.0 Å². The van der Waals surface area contributed by atoms with Crippen LogP contribution in [0.5, 0.6) is 5.75 Å². The number of benzene rings is 2. The van der Waals surface area contributed by atoms with E-state index < -0.39 is 0 Å². The Labute approximate surface area is 131 Å². The summed E-state index contributed by atoms with van der Waals surface area (Å²) in [4.78, 5) is 2.54. The second kappa shape index (κ2) is 7.01. The average molecular weight is 301 g/mol. The van der Waals surface area contributed by atoms with Crippen molar-refractivity contribution in [1.82, 2.24) is 5.32 Å². The van der Waals surface area contributed by atoms with Crippen molar-refractivity contribution < 1.29 is 4.74 Å². The van der Waals surface area contributed by atoms with Gasteiger partial charge in [0.15, 0.2) is 0 Å². The lowest BCUT2D eigenvalue weighted by Gasteiger charge is -2.19. The number of ether oxygens (including phenoxy) is 1. The average Bonchev–Trinajstić information content (AvgIpc) is 2.49. The highest BCUT2D eigenvalue weighted by molar-refractivity contribution is 7.99. The highest BCUT2D eigenvalue weighted by Crippen LogP contribution is 2.39. The van der Waals surface area contributed by atoms with Crippen molar-refractivity contribution in [3.63, 3.8) is 0 Å². The van der Waals surface area contributed by atoms with Crippen LogP contribution in [-0.2, 0) is 0 Å². The van der Waals surface area contributed by atoms with Crippen molar-refractivity contribution in [3.05, 3.63) is 53.1 Å². The molecule has 3 heteroatoms. The van der Waals surface area contributed by atoms with Crippen molar-refractivity contribution >= 4 is 11.8 Å². The first-order chi connectivity index (χ1) is 10.1. The molecule has 1 unspecified atom stereocenters. The van der Waals surface area contributed by atoms with Crippen LogP contribution in [0.3, 0.4) is 0 Å². The number of rotatable bonds is 5. The summed E-state index contributed by atoms with van der Waals surface area (Å²) in [5.41, 5.74) is 3.80. The molecule has 0 radical (unpaired) electrons. The van der Waals surface area contributed by atoms with Gasteiger partial charge in [0.2, 0.25) is 0 Å². The monoisotopic (exact) mass is 301 g/mol. The second-order valence-corrected chi connectivity index (χ2v) is 6.34. The molecule has 2 rings (SSSR count). The SMILES string of the molecule is CNC(C)c1c(OC)cccc1Sc1cc(C)ccc1C. The molecule has 2 aromatic rings. The van der Waals surface area contributed by atoms with E-state index in [4.69, 9.17) is 4.74 Å². The molecule has 2 aromatic carbocycles. The maximum atomic E-state index is 5.55. The normalized spacial score (nSPS) is 12.2. The summed E-state index contributed by atoms with van der Waals surface area (Å²) in [6.45, 7) is 6.44. The topological polar surface area (TPSA) is 21.3 Å². The Morgan fingerprint density at radius 1 is 1.10 bits per heavy atom. The van der Waals surface area contributed by atoms with Gasteiger partial charge in [-0.25, -0.2) is 0 Å². The molecular formula is C18H23NOS. The smallest absolute Gasteiger partial charge is 0.124 e. The van der Waals surface area contributed by atoms with Crippen LogP contribution in [0.2, 0.25) is 0 Å². The van der Waals surface area contributed by atoms with Gasteiger partial charge in [-0.2, -0.15) is 0 Å². The molecule has 1 atom stereocenters. The third-order valence-electron chi connectivity index (χ3n) is 3.68. The van der Waals surface area contributed by atoms with Crippen molar-refractivity contribution in [2.24, 2.45) is 0 Å². The molecular weight excluding hydrogens is 278 g/mol. The molecule has 0 aliphatic rings. The first-order valence-electron chi connectivity index (χ1n) is 7.16. The minimum absolute atomic E-state index is 0.244. The molecule has 0 saturated heterocycles. The minimum Gasteiger partial charge on any atom is -0.496 e. The van der Waals surface area contributed by atoms with Gasteiger partial charge in [0.1, 0.15) is 5.75 Å². The van der Waals surface area contributed by atoms with Crippen LogP contribution < -0.4 is 10.1 Å². The van der Waals surface area contributed by atoms with E-state index in [1.165, 1.54) is 26.5 Å². The first kappa shape index (κ1) is 15.9. The van der Waals surface area contributed by atoms with E-state index in [9.17, 15) is 0 Å². The van der Waals surface area contributed by atoms with Gasteiger partial charge in [-0.3, -0.25) is 0 Å². The van der Waals surface area contributed by atoms with Crippen molar-refractivity contribution in [3.8, 4) is 5.75 Å². The molecule has 112 valence electrons. The summed E-state index contributed by atoms with van der Waals surface area (Å²) in [7, 11) is 3.71. The van der Waals surface area contributed by atoms with Gasteiger partial charge < -0.3 is 10.1 Å². The van der Waals surface area contributed by atoms with E-state index in [1.54, 1.807) is 7.11 Å². The molecule has 21 heavy (non-hydrogen) atoms. The highest BCUT2D eigenvalue weighted by atomic mass is 32.2. The summed E-state index contributed by atoms with van der Waals surface area (Å²) in [6.07, 6.45) is 0. The van der Waals surface area contributed by atoms with Crippen LogP contribution in [0.4, 0.5) is 0 Å². The molecule has 0 amide bonds. The van der Waals surface area contributed by atoms with Gasteiger partial charge in [-0.15, -0.1) is 0 Å². The van der Waals surface area contributed by atoms with E-state index in [2.05, 4.69) is 56.4 Å². The molecule has 0 spiro atoms. The molecule has 0 bridgehead atoms. The van der Waals surface area contributed by atoms with Gasteiger partial charge in [0.05, 0.1) is 7.11 Å².